The van der Waals surface area contributed by atoms with Crippen LogP contribution in [0.4, 0.5) is 11.5 Å². The zero-order valence-electron chi connectivity index (χ0n) is 9.35. The molecule has 0 aliphatic rings. The fraction of sp³-hybridized carbons (Fsp3) is 0.273. The fourth-order valence-corrected chi connectivity index (χ4v) is 2.42. The lowest BCUT2D eigenvalue weighted by atomic mass is 10.2. The molecule has 0 saturated carbocycles. The Kier molecular flexibility index (Phi) is 3.81. The van der Waals surface area contributed by atoms with Crippen LogP contribution in [0.2, 0.25) is 5.02 Å². The van der Waals surface area contributed by atoms with Crippen LogP contribution in [0.3, 0.4) is 0 Å². The lowest BCUT2D eigenvalue weighted by molar-refractivity contribution is 0.738. The Bertz CT molecular complexity index is 486. The van der Waals surface area contributed by atoms with Crippen LogP contribution in [-0.4, -0.2) is 9.97 Å². The number of aromatic nitrogens is 2. The first kappa shape index (κ1) is 12.1. The van der Waals surface area contributed by atoms with E-state index in [1.807, 2.05) is 5.38 Å². The van der Waals surface area contributed by atoms with Crippen molar-refractivity contribution in [2.24, 2.45) is 0 Å². The van der Waals surface area contributed by atoms with Gasteiger partial charge >= 0.3 is 0 Å². The van der Waals surface area contributed by atoms with Crippen LogP contribution < -0.4 is 11.1 Å². The van der Waals surface area contributed by atoms with Gasteiger partial charge in [0.15, 0.2) is 0 Å². The molecular weight excluding hydrogens is 256 g/mol. The molecule has 2 rings (SSSR count). The molecule has 1 unspecified atom stereocenters. The molecule has 0 saturated heterocycles. The second-order valence-electron chi connectivity index (χ2n) is 3.57. The molecule has 3 N–H and O–H groups in total. The molecule has 0 aliphatic carbocycles. The molecule has 0 radical (unpaired) electrons. The number of hydrogen-bond acceptors (Lipinski definition) is 5. The smallest absolute Gasteiger partial charge is 0.149 e. The summed E-state index contributed by atoms with van der Waals surface area (Å²) in [4.78, 5) is 8.48. The maximum absolute atomic E-state index is 5.85. The summed E-state index contributed by atoms with van der Waals surface area (Å²) in [7, 11) is 0. The molecule has 0 spiro atoms. The first-order valence-corrected chi connectivity index (χ1v) is 6.53. The Labute approximate surface area is 109 Å². The van der Waals surface area contributed by atoms with Crippen LogP contribution >= 0.6 is 22.9 Å². The van der Waals surface area contributed by atoms with Crippen LogP contribution in [0.15, 0.2) is 23.8 Å². The van der Waals surface area contributed by atoms with Crippen LogP contribution in [-0.2, 0) is 0 Å². The zero-order valence-corrected chi connectivity index (χ0v) is 10.9. The average Bonchev–Trinajstić information content (AvgIpc) is 2.81. The van der Waals surface area contributed by atoms with Gasteiger partial charge in [-0.2, -0.15) is 0 Å². The molecule has 4 nitrogen and oxygen atoms in total. The van der Waals surface area contributed by atoms with Gasteiger partial charge in [0.25, 0.3) is 0 Å². The average molecular weight is 269 g/mol. The second-order valence-corrected chi connectivity index (χ2v) is 4.93. The Balaban J connectivity index is 2.19. The predicted octanol–water partition coefficient (Wildman–Crippen LogP) is 3.34. The van der Waals surface area contributed by atoms with Crippen LogP contribution in [0, 0.1) is 0 Å². The lowest BCUT2D eigenvalue weighted by Crippen LogP contribution is -2.12. The monoisotopic (exact) mass is 268 g/mol. The molecule has 0 fully saturated rings. The Morgan fingerprint density at radius 1 is 1.53 bits per heavy atom. The minimum Gasteiger partial charge on any atom is -0.396 e. The highest BCUT2D eigenvalue weighted by molar-refractivity contribution is 7.09. The summed E-state index contributed by atoms with van der Waals surface area (Å²) in [6, 6.07) is 1.82. The number of nitrogen functional groups attached to an aromatic ring is 1. The van der Waals surface area contributed by atoms with Gasteiger partial charge in [-0.25, -0.2) is 9.97 Å². The fourth-order valence-electron chi connectivity index (χ4n) is 1.49. The molecule has 2 aromatic rings. The van der Waals surface area contributed by atoms with E-state index in [2.05, 4.69) is 22.2 Å². The topological polar surface area (TPSA) is 63.8 Å². The van der Waals surface area contributed by atoms with Gasteiger partial charge in [-0.05, 0) is 12.5 Å². The van der Waals surface area contributed by atoms with E-state index in [4.69, 9.17) is 17.3 Å². The van der Waals surface area contributed by atoms with Gasteiger partial charge in [0.2, 0.25) is 0 Å². The van der Waals surface area contributed by atoms with E-state index in [0.29, 0.717) is 16.5 Å². The minimum absolute atomic E-state index is 0.131. The predicted molar refractivity (Wildman–Crippen MR) is 72.4 cm³/mol. The van der Waals surface area contributed by atoms with Gasteiger partial charge in [-0.1, -0.05) is 18.5 Å². The quantitative estimate of drug-likeness (QED) is 0.893. The summed E-state index contributed by atoms with van der Waals surface area (Å²) in [6.07, 6.45) is 4.29. The number of halogens is 1. The van der Waals surface area contributed by atoms with Crippen molar-refractivity contribution >= 4 is 34.4 Å². The largest absolute Gasteiger partial charge is 0.396 e. The maximum Gasteiger partial charge on any atom is 0.149 e. The highest BCUT2D eigenvalue weighted by Crippen LogP contribution is 2.27. The first-order valence-electron chi connectivity index (χ1n) is 5.27. The van der Waals surface area contributed by atoms with Crippen molar-refractivity contribution in [3.05, 3.63) is 33.9 Å². The lowest BCUT2D eigenvalue weighted by Gasteiger charge is -2.16. The summed E-state index contributed by atoms with van der Waals surface area (Å²) >= 11 is 7.42. The van der Waals surface area contributed by atoms with Crippen LogP contribution in [0.25, 0.3) is 0 Å². The number of nitrogens with two attached hydrogens (primary N) is 1. The highest BCUT2D eigenvalue weighted by Gasteiger charge is 2.13. The molecule has 17 heavy (non-hydrogen) atoms. The van der Waals surface area contributed by atoms with Crippen molar-refractivity contribution in [2.75, 3.05) is 11.1 Å². The number of anilines is 2. The summed E-state index contributed by atoms with van der Waals surface area (Å²) in [5.74, 6) is 0.649. The number of pyridine rings is 1. The zero-order chi connectivity index (χ0) is 12.3. The molecule has 0 amide bonds. The maximum atomic E-state index is 5.85. The summed E-state index contributed by atoms with van der Waals surface area (Å²) < 4.78 is 0. The van der Waals surface area contributed by atoms with E-state index < -0.39 is 0 Å². The van der Waals surface area contributed by atoms with Gasteiger partial charge in [0.1, 0.15) is 10.8 Å². The van der Waals surface area contributed by atoms with E-state index >= 15 is 0 Å². The van der Waals surface area contributed by atoms with Crippen molar-refractivity contribution in [3.63, 3.8) is 0 Å². The summed E-state index contributed by atoms with van der Waals surface area (Å²) in [5, 5.41) is 6.80. The molecule has 0 aliphatic heterocycles. The number of nitrogens with one attached hydrogen (secondary N) is 1. The van der Waals surface area contributed by atoms with Crippen LogP contribution in [0.5, 0.6) is 0 Å². The second kappa shape index (κ2) is 5.33. The van der Waals surface area contributed by atoms with E-state index in [1.165, 1.54) is 0 Å². The Morgan fingerprint density at radius 3 is 2.94 bits per heavy atom. The molecule has 2 heterocycles. The number of hydrogen-bond donors (Lipinski definition) is 2. The van der Waals surface area contributed by atoms with Crippen molar-refractivity contribution in [1.29, 1.82) is 0 Å². The van der Waals surface area contributed by atoms with Gasteiger partial charge in [0, 0.05) is 17.8 Å². The van der Waals surface area contributed by atoms with Crippen LogP contribution in [0.1, 0.15) is 24.4 Å². The normalized spacial score (nSPS) is 12.4. The standard InChI is InChI=1S/C11H13ClN4S/c1-2-9(11-14-3-4-17-11)16-10-8(13)5-7(12)6-15-10/h3-6,9H,2,13H2,1H3,(H,15,16). The Morgan fingerprint density at radius 2 is 2.35 bits per heavy atom. The molecule has 6 heteroatoms. The number of nitrogens with zero attached hydrogens (tertiary/aromatic N) is 2. The summed E-state index contributed by atoms with van der Waals surface area (Å²) in [6.45, 7) is 2.09. The molecular formula is C11H13ClN4S. The van der Waals surface area contributed by atoms with E-state index in [0.717, 1.165) is 11.4 Å². The number of rotatable bonds is 4. The first-order chi connectivity index (χ1) is 8.20. The third-order valence-electron chi connectivity index (χ3n) is 2.35. The van der Waals surface area contributed by atoms with Crippen molar-refractivity contribution in [2.45, 2.75) is 19.4 Å². The van der Waals surface area contributed by atoms with Gasteiger partial charge < -0.3 is 11.1 Å². The Hall–Kier alpha value is -1.33. The van der Waals surface area contributed by atoms with E-state index in [-0.39, 0.29) is 6.04 Å². The summed E-state index contributed by atoms with van der Waals surface area (Å²) in [5.41, 5.74) is 6.40. The molecule has 2 aromatic heterocycles. The third kappa shape index (κ3) is 2.87. The number of thiazole rings is 1. The SMILES string of the molecule is CCC(Nc1ncc(Cl)cc1N)c1nccs1. The van der Waals surface area contributed by atoms with E-state index in [9.17, 15) is 0 Å². The van der Waals surface area contributed by atoms with Crippen molar-refractivity contribution < 1.29 is 0 Å². The molecule has 0 aromatic carbocycles. The molecule has 0 bridgehead atoms. The van der Waals surface area contributed by atoms with Crippen molar-refractivity contribution in [3.8, 4) is 0 Å². The minimum atomic E-state index is 0.131. The van der Waals surface area contributed by atoms with Gasteiger partial charge in [0.05, 0.1) is 16.8 Å². The van der Waals surface area contributed by atoms with Gasteiger partial charge in [-0.15, -0.1) is 11.3 Å². The molecule has 1 atom stereocenters. The van der Waals surface area contributed by atoms with Gasteiger partial charge in [-0.3, -0.25) is 0 Å². The molecule has 90 valence electrons. The highest BCUT2D eigenvalue weighted by atomic mass is 35.5. The van der Waals surface area contributed by atoms with E-state index in [1.54, 1.807) is 29.8 Å². The third-order valence-corrected chi connectivity index (χ3v) is 3.45. The van der Waals surface area contributed by atoms with Crippen molar-refractivity contribution in [1.82, 2.24) is 9.97 Å².